The molecule has 1 saturated heterocycles. The zero-order chi connectivity index (χ0) is 10.5. The van der Waals surface area contributed by atoms with E-state index in [4.69, 9.17) is 0 Å². The van der Waals surface area contributed by atoms with E-state index in [9.17, 15) is 0 Å². The van der Waals surface area contributed by atoms with Crippen LogP contribution < -0.4 is 5.32 Å². The molecule has 1 aliphatic heterocycles. The Morgan fingerprint density at radius 3 is 2.47 bits per heavy atom. The molecule has 1 aromatic carbocycles. The van der Waals surface area contributed by atoms with Crippen molar-refractivity contribution in [2.24, 2.45) is 5.92 Å². The number of nitrogens with one attached hydrogen (secondary N) is 1. The lowest BCUT2D eigenvalue weighted by Gasteiger charge is -2.19. The zero-order valence-electron chi connectivity index (χ0n) is 9.37. The molecule has 0 spiro atoms. The summed E-state index contributed by atoms with van der Waals surface area (Å²) in [4.78, 5) is 0. The van der Waals surface area contributed by atoms with Crippen LogP contribution in [0.15, 0.2) is 30.3 Å². The Balaban J connectivity index is 1.95. The number of rotatable bonds is 2. The Kier molecular flexibility index (Phi) is 3.57. The van der Waals surface area contributed by atoms with Crippen molar-refractivity contribution in [3.05, 3.63) is 41.5 Å². The average molecular weight is 201 g/mol. The van der Waals surface area contributed by atoms with Crippen molar-refractivity contribution in [1.29, 1.82) is 0 Å². The number of piperidine rings is 1. The van der Waals surface area contributed by atoms with Crippen LogP contribution in [-0.2, 0) is 0 Å². The minimum Gasteiger partial charge on any atom is -0.317 e. The lowest BCUT2D eigenvalue weighted by molar-refractivity contribution is 0.438. The summed E-state index contributed by atoms with van der Waals surface area (Å²) < 4.78 is 0. The van der Waals surface area contributed by atoms with Crippen LogP contribution in [0.2, 0.25) is 0 Å². The predicted octanol–water partition coefficient (Wildman–Crippen LogP) is 3.01. The molecule has 1 nitrogen and oxygen atoms in total. The Morgan fingerprint density at radius 2 is 1.80 bits per heavy atom. The molecule has 1 N–H and O–H groups in total. The first-order valence-electron chi connectivity index (χ1n) is 5.80. The second kappa shape index (κ2) is 5.13. The van der Waals surface area contributed by atoms with Crippen molar-refractivity contribution in [1.82, 2.24) is 5.32 Å². The smallest absolute Gasteiger partial charge is 0.00433 e. The largest absolute Gasteiger partial charge is 0.317 e. The van der Waals surface area contributed by atoms with Crippen molar-refractivity contribution in [2.45, 2.75) is 19.8 Å². The summed E-state index contributed by atoms with van der Waals surface area (Å²) in [6.07, 6.45) is 7.19. The van der Waals surface area contributed by atoms with E-state index in [1.807, 2.05) is 0 Å². The highest BCUT2D eigenvalue weighted by molar-refractivity contribution is 5.49. The molecule has 1 aliphatic rings. The molecule has 0 bridgehead atoms. The summed E-state index contributed by atoms with van der Waals surface area (Å²) in [6.45, 7) is 4.46. The van der Waals surface area contributed by atoms with Crippen molar-refractivity contribution >= 4 is 6.08 Å². The molecule has 2 rings (SSSR count). The van der Waals surface area contributed by atoms with Gasteiger partial charge in [-0.15, -0.1) is 0 Å². The summed E-state index contributed by atoms with van der Waals surface area (Å²) >= 11 is 0. The highest BCUT2D eigenvalue weighted by Crippen LogP contribution is 2.15. The Labute approximate surface area is 92.2 Å². The highest BCUT2D eigenvalue weighted by atomic mass is 14.9. The van der Waals surface area contributed by atoms with Gasteiger partial charge in [0.2, 0.25) is 0 Å². The third-order valence-corrected chi connectivity index (χ3v) is 3.02. The van der Waals surface area contributed by atoms with Gasteiger partial charge in [0.25, 0.3) is 0 Å². The maximum absolute atomic E-state index is 3.39. The van der Waals surface area contributed by atoms with Crippen LogP contribution in [0.25, 0.3) is 6.08 Å². The van der Waals surface area contributed by atoms with Crippen LogP contribution in [0.4, 0.5) is 0 Å². The van der Waals surface area contributed by atoms with E-state index in [1.54, 1.807) is 0 Å². The first-order valence-corrected chi connectivity index (χ1v) is 5.80. The van der Waals surface area contributed by atoms with Crippen LogP contribution in [0.1, 0.15) is 24.0 Å². The molecule has 0 atom stereocenters. The SMILES string of the molecule is Cc1ccc(/C=C/C2CCNCC2)cc1. The summed E-state index contributed by atoms with van der Waals surface area (Å²) in [5.74, 6) is 0.771. The van der Waals surface area contributed by atoms with E-state index >= 15 is 0 Å². The van der Waals surface area contributed by atoms with E-state index in [2.05, 4.69) is 48.7 Å². The van der Waals surface area contributed by atoms with E-state index < -0.39 is 0 Å². The molecule has 1 fully saturated rings. The molecule has 0 radical (unpaired) electrons. The van der Waals surface area contributed by atoms with E-state index in [0.717, 1.165) is 5.92 Å². The van der Waals surface area contributed by atoms with Crippen LogP contribution in [0.3, 0.4) is 0 Å². The summed E-state index contributed by atoms with van der Waals surface area (Å²) in [7, 11) is 0. The van der Waals surface area contributed by atoms with Gasteiger partial charge in [-0.25, -0.2) is 0 Å². The van der Waals surface area contributed by atoms with Gasteiger partial charge in [-0.05, 0) is 44.3 Å². The van der Waals surface area contributed by atoms with Gasteiger partial charge in [-0.3, -0.25) is 0 Å². The number of benzene rings is 1. The Hall–Kier alpha value is -1.08. The second-order valence-electron chi connectivity index (χ2n) is 4.36. The van der Waals surface area contributed by atoms with Gasteiger partial charge in [0.05, 0.1) is 0 Å². The number of aryl methyl sites for hydroxylation is 1. The van der Waals surface area contributed by atoms with Crippen molar-refractivity contribution in [3.63, 3.8) is 0 Å². The molecule has 80 valence electrons. The molecule has 1 heterocycles. The maximum atomic E-state index is 3.39. The van der Waals surface area contributed by atoms with E-state index in [1.165, 1.54) is 37.1 Å². The lowest BCUT2D eigenvalue weighted by atomic mass is 9.97. The molecular weight excluding hydrogens is 182 g/mol. The highest BCUT2D eigenvalue weighted by Gasteiger charge is 2.08. The van der Waals surface area contributed by atoms with Gasteiger partial charge < -0.3 is 5.32 Å². The summed E-state index contributed by atoms with van der Waals surface area (Å²) in [6, 6.07) is 8.71. The van der Waals surface area contributed by atoms with Crippen LogP contribution in [0.5, 0.6) is 0 Å². The molecule has 0 aliphatic carbocycles. The van der Waals surface area contributed by atoms with Gasteiger partial charge in [-0.2, -0.15) is 0 Å². The molecule has 15 heavy (non-hydrogen) atoms. The summed E-state index contributed by atoms with van der Waals surface area (Å²) in [5, 5.41) is 3.39. The minimum atomic E-state index is 0.771. The lowest BCUT2D eigenvalue weighted by Crippen LogP contribution is -2.26. The molecule has 0 aromatic heterocycles. The van der Waals surface area contributed by atoms with Gasteiger partial charge in [0.1, 0.15) is 0 Å². The van der Waals surface area contributed by atoms with Gasteiger partial charge >= 0.3 is 0 Å². The normalized spacial score (nSPS) is 18.5. The average Bonchev–Trinajstić information content (AvgIpc) is 2.30. The Morgan fingerprint density at radius 1 is 1.13 bits per heavy atom. The second-order valence-corrected chi connectivity index (χ2v) is 4.36. The molecule has 0 amide bonds. The fourth-order valence-corrected chi connectivity index (χ4v) is 1.96. The maximum Gasteiger partial charge on any atom is -0.00433 e. The number of allylic oxidation sites excluding steroid dienone is 1. The molecule has 0 unspecified atom stereocenters. The van der Waals surface area contributed by atoms with Gasteiger partial charge in [0.15, 0.2) is 0 Å². The Bertz CT molecular complexity index is 318. The van der Waals surface area contributed by atoms with E-state index in [0.29, 0.717) is 0 Å². The molecule has 1 heteroatoms. The molecular formula is C14H19N. The first-order chi connectivity index (χ1) is 7.34. The third kappa shape index (κ3) is 3.21. The fraction of sp³-hybridized carbons (Fsp3) is 0.429. The standard InChI is InChI=1S/C14H19N/c1-12-2-4-13(5-3-12)6-7-14-8-10-15-11-9-14/h2-7,14-15H,8-11H2,1H3/b7-6+. The van der Waals surface area contributed by atoms with Crippen LogP contribution >= 0.6 is 0 Å². The number of hydrogen-bond donors (Lipinski definition) is 1. The minimum absolute atomic E-state index is 0.771. The monoisotopic (exact) mass is 201 g/mol. The van der Waals surface area contributed by atoms with Crippen molar-refractivity contribution in [2.75, 3.05) is 13.1 Å². The van der Waals surface area contributed by atoms with Gasteiger partial charge in [-0.1, -0.05) is 42.0 Å². The van der Waals surface area contributed by atoms with Crippen LogP contribution in [-0.4, -0.2) is 13.1 Å². The molecule has 1 aromatic rings. The predicted molar refractivity (Wildman–Crippen MR) is 65.8 cm³/mol. The first kappa shape index (κ1) is 10.4. The molecule has 0 saturated carbocycles. The third-order valence-electron chi connectivity index (χ3n) is 3.02. The van der Waals surface area contributed by atoms with E-state index in [-0.39, 0.29) is 0 Å². The number of hydrogen-bond acceptors (Lipinski definition) is 1. The quantitative estimate of drug-likeness (QED) is 0.775. The summed E-state index contributed by atoms with van der Waals surface area (Å²) in [5.41, 5.74) is 2.65. The van der Waals surface area contributed by atoms with Crippen molar-refractivity contribution in [3.8, 4) is 0 Å². The zero-order valence-corrected chi connectivity index (χ0v) is 9.37. The fourth-order valence-electron chi connectivity index (χ4n) is 1.96. The van der Waals surface area contributed by atoms with Crippen molar-refractivity contribution < 1.29 is 0 Å². The van der Waals surface area contributed by atoms with Gasteiger partial charge in [0, 0.05) is 0 Å². The van der Waals surface area contributed by atoms with Crippen LogP contribution in [0, 0.1) is 12.8 Å². The topological polar surface area (TPSA) is 12.0 Å².